The van der Waals surface area contributed by atoms with Crippen LogP contribution in [0, 0.1) is 11.6 Å². The fourth-order valence-corrected chi connectivity index (χ4v) is 1.67. The molecule has 0 aromatic heterocycles. The van der Waals surface area contributed by atoms with E-state index in [-0.39, 0.29) is 12.5 Å². The van der Waals surface area contributed by atoms with E-state index in [0.717, 1.165) is 12.1 Å². The molecule has 0 fully saturated rings. The first kappa shape index (κ1) is 13.6. The Hall–Kier alpha value is -1.49. The number of benzene rings is 1. The molecule has 17 heavy (non-hydrogen) atoms. The molecule has 1 unspecified atom stereocenters. The Balaban J connectivity index is 2.71. The largest absolute Gasteiger partial charge is 0.481 e. The minimum Gasteiger partial charge on any atom is -0.481 e. The maximum atomic E-state index is 13.0. The molecule has 0 radical (unpaired) electrons. The van der Waals surface area contributed by atoms with Crippen LogP contribution in [-0.4, -0.2) is 23.7 Å². The molecule has 0 amide bonds. The average Bonchev–Trinajstić information content (AvgIpc) is 2.23. The van der Waals surface area contributed by atoms with E-state index >= 15 is 0 Å². The van der Waals surface area contributed by atoms with Crippen molar-refractivity contribution < 1.29 is 18.7 Å². The van der Waals surface area contributed by atoms with E-state index in [9.17, 15) is 13.6 Å². The van der Waals surface area contributed by atoms with Crippen LogP contribution in [0.5, 0.6) is 0 Å². The van der Waals surface area contributed by atoms with Crippen molar-refractivity contribution in [1.29, 1.82) is 0 Å². The lowest BCUT2D eigenvalue weighted by Crippen LogP contribution is -2.33. The van der Waals surface area contributed by atoms with Crippen molar-refractivity contribution in [3.8, 4) is 0 Å². The van der Waals surface area contributed by atoms with Crippen molar-refractivity contribution in [2.45, 2.75) is 25.8 Å². The van der Waals surface area contributed by atoms with Crippen LogP contribution in [0.3, 0.4) is 0 Å². The average molecular weight is 243 g/mol. The summed E-state index contributed by atoms with van der Waals surface area (Å²) in [6, 6.07) is 3.34. The molecule has 0 aliphatic heterocycles. The Morgan fingerprint density at radius 3 is 2.65 bits per heavy atom. The Morgan fingerprint density at radius 1 is 1.41 bits per heavy atom. The number of hydrogen-bond donors (Lipinski definition) is 2. The minimum atomic E-state index is -0.918. The molecule has 3 nitrogen and oxygen atoms in total. The summed E-state index contributed by atoms with van der Waals surface area (Å²) in [6.45, 7) is 2.49. The Kier molecular flexibility index (Phi) is 5.03. The lowest BCUT2D eigenvalue weighted by Gasteiger charge is -2.15. The number of carboxylic acids is 1. The molecule has 0 bridgehead atoms. The Labute approximate surface area is 98.5 Å². The quantitative estimate of drug-likeness (QED) is 0.803. The highest BCUT2D eigenvalue weighted by atomic mass is 19.2. The number of carboxylic acid groups (broad SMARTS) is 1. The summed E-state index contributed by atoms with van der Waals surface area (Å²) in [4.78, 5) is 10.6. The predicted octanol–water partition coefficient (Wildman–Crippen LogP) is 1.96. The first-order valence-corrected chi connectivity index (χ1v) is 5.42. The summed E-state index contributed by atoms with van der Waals surface area (Å²) in [5.41, 5.74) is 0.580. The number of likely N-dealkylation sites (N-methyl/N-ethyl adjacent to an activating group) is 1. The second-order valence-electron chi connectivity index (χ2n) is 3.81. The lowest BCUT2D eigenvalue weighted by molar-refractivity contribution is -0.137. The molecular formula is C12H15F2NO2. The second-order valence-corrected chi connectivity index (χ2v) is 3.81. The van der Waals surface area contributed by atoms with Gasteiger partial charge in [-0.15, -0.1) is 0 Å². The van der Waals surface area contributed by atoms with E-state index in [0.29, 0.717) is 18.5 Å². The van der Waals surface area contributed by atoms with E-state index < -0.39 is 17.6 Å². The molecule has 0 aliphatic carbocycles. The summed E-state index contributed by atoms with van der Waals surface area (Å²) >= 11 is 0. The lowest BCUT2D eigenvalue weighted by atomic mass is 10.0. The number of rotatable bonds is 6. The van der Waals surface area contributed by atoms with Gasteiger partial charge in [0.05, 0.1) is 6.42 Å². The smallest absolute Gasteiger partial charge is 0.304 e. The van der Waals surface area contributed by atoms with Crippen LogP contribution in [0.25, 0.3) is 0 Å². The van der Waals surface area contributed by atoms with Gasteiger partial charge in [-0.3, -0.25) is 4.79 Å². The zero-order valence-electron chi connectivity index (χ0n) is 9.54. The van der Waals surface area contributed by atoms with Crippen molar-refractivity contribution >= 4 is 5.97 Å². The molecule has 1 aromatic rings. The van der Waals surface area contributed by atoms with E-state index in [1.165, 1.54) is 6.07 Å². The van der Waals surface area contributed by atoms with Crippen LogP contribution in [0.4, 0.5) is 8.78 Å². The van der Waals surface area contributed by atoms with Gasteiger partial charge >= 0.3 is 5.97 Å². The van der Waals surface area contributed by atoms with Crippen molar-refractivity contribution in [3.05, 3.63) is 35.4 Å². The van der Waals surface area contributed by atoms with Gasteiger partial charge in [0.1, 0.15) is 0 Å². The molecule has 0 heterocycles. The standard InChI is InChI=1S/C12H15F2NO2/c1-2-15-9(7-12(16)17)5-8-3-4-10(13)11(14)6-8/h3-4,6,9,15H,2,5,7H2,1H3,(H,16,17). The highest BCUT2D eigenvalue weighted by Gasteiger charge is 2.13. The Bertz CT molecular complexity index is 396. The number of hydrogen-bond acceptors (Lipinski definition) is 2. The summed E-state index contributed by atoms with van der Waals surface area (Å²) < 4.78 is 25.7. The summed E-state index contributed by atoms with van der Waals surface area (Å²) in [5, 5.41) is 11.7. The number of halogens is 2. The zero-order chi connectivity index (χ0) is 12.8. The van der Waals surface area contributed by atoms with Gasteiger partial charge in [-0.1, -0.05) is 13.0 Å². The maximum Gasteiger partial charge on any atom is 0.304 e. The van der Waals surface area contributed by atoms with Gasteiger partial charge < -0.3 is 10.4 Å². The van der Waals surface area contributed by atoms with E-state index in [4.69, 9.17) is 5.11 Å². The molecule has 5 heteroatoms. The van der Waals surface area contributed by atoms with Crippen molar-refractivity contribution in [2.75, 3.05) is 6.54 Å². The van der Waals surface area contributed by atoms with Crippen molar-refractivity contribution in [2.24, 2.45) is 0 Å². The van der Waals surface area contributed by atoms with Gasteiger partial charge in [0.25, 0.3) is 0 Å². The summed E-state index contributed by atoms with van der Waals surface area (Å²) in [6.07, 6.45) is 0.310. The summed E-state index contributed by atoms with van der Waals surface area (Å²) in [5.74, 6) is -2.72. The third-order valence-corrected chi connectivity index (χ3v) is 2.38. The van der Waals surface area contributed by atoms with Crippen LogP contribution in [0.1, 0.15) is 18.9 Å². The van der Waals surface area contributed by atoms with Gasteiger partial charge in [0.15, 0.2) is 11.6 Å². The second kappa shape index (κ2) is 6.30. The molecule has 0 saturated carbocycles. The first-order valence-electron chi connectivity index (χ1n) is 5.42. The fraction of sp³-hybridized carbons (Fsp3) is 0.417. The van der Waals surface area contributed by atoms with Gasteiger partial charge in [-0.2, -0.15) is 0 Å². The van der Waals surface area contributed by atoms with Gasteiger partial charge in [-0.25, -0.2) is 8.78 Å². The van der Waals surface area contributed by atoms with Crippen molar-refractivity contribution in [1.82, 2.24) is 5.32 Å². The number of nitrogens with one attached hydrogen (secondary N) is 1. The van der Waals surface area contributed by atoms with Gasteiger partial charge in [0, 0.05) is 6.04 Å². The molecule has 0 spiro atoms. The molecule has 1 aromatic carbocycles. The Morgan fingerprint density at radius 2 is 2.12 bits per heavy atom. The fourth-order valence-electron chi connectivity index (χ4n) is 1.67. The molecule has 1 atom stereocenters. The normalized spacial score (nSPS) is 12.4. The molecule has 2 N–H and O–H groups in total. The third-order valence-electron chi connectivity index (χ3n) is 2.38. The number of carbonyl (C=O) groups is 1. The van der Waals surface area contributed by atoms with Crippen molar-refractivity contribution in [3.63, 3.8) is 0 Å². The van der Waals surface area contributed by atoms with Crippen LogP contribution in [-0.2, 0) is 11.2 Å². The van der Waals surface area contributed by atoms with Crippen LogP contribution < -0.4 is 5.32 Å². The van der Waals surface area contributed by atoms with Crippen LogP contribution in [0.15, 0.2) is 18.2 Å². The van der Waals surface area contributed by atoms with Crippen LogP contribution in [0.2, 0.25) is 0 Å². The highest BCUT2D eigenvalue weighted by molar-refractivity contribution is 5.67. The highest BCUT2D eigenvalue weighted by Crippen LogP contribution is 2.11. The predicted molar refractivity (Wildman–Crippen MR) is 59.8 cm³/mol. The van der Waals surface area contributed by atoms with E-state index in [1.54, 1.807) is 0 Å². The molecule has 0 aliphatic rings. The van der Waals surface area contributed by atoms with Gasteiger partial charge in [0.2, 0.25) is 0 Å². The third kappa shape index (κ3) is 4.48. The molecule has 0 saturated heterocycles. The van der Waals surface area contributed by atoms with E-state index in [2.05, 4.69) is 5.32 Å². The van der Waals surface area contributed by atoms with E-state index in [1.807, 2.05) is 6.92 Å². The first-order chi connectivity index (χ1) is 8.02. The topological polar surface area (TPSA) is 49.3 Å². The molecule has 1 rings (SSSR count). The molecular weight excluding hydrogens is 228 g/mol. The van der Waals surface area contributed by atoms with Crippen LogP contribution >= 0.6 is 0 Å². The number of aliphatic carboxylic acids is 1. The minimum absolute atomic E-state index is 0.0488. The molecule has 94 valence electrons. The summed E-state index contributed by atoms with van der Waals surface area (Å²) in [7, 11) is 0. The SMILES string of the molecule is CCNC(CC(=O)O)Cc1ccc(F)c(F)c1. The maximum absolute atomic E-state index is 13.0. The monoisotopic (exact) mass is 243 g/mol. The zero-order valence-corrected chi connectivity index (χ0v) is 9.54. The van der Waals surface area contributed by atoms with Gasteiger partial charge in [-0.05, 0) is 30.7 Å².